The Morgan fingerprint density at radius 1 is 1.56 bits per heavy atom. The van der Waals surface area contributed by atoms with Crippen LogP contribution in [0.5, 0.6) is 0 Å². The van der Waals surface area contributed by atoms with Gasteiger partial charge in [-0.2, -0.15) is 0 Å². The van der Waals surface area contributed by atoms with Gasteiger partial charge >= 0.3 is 5.97 Å². The first-order chi connectivity index (χ1) is 8.56. The van der Waals surface area contributed by atoms with E-state index in [1.165, 1.54) is 0 Å². The van der Waals surface area contributed by atoms with Crippen LogP contribution < -0.4 is 5.32 Å². The lowest BCUT2D eigenvalue weighted by Crippen LogP contribution is -2.06. The van der Waals surface area contributed by atoms with Crippen molar-refractivity contribution in [2.75, 3.05) is 5.32 Å². The third-order valence-corrected chi connectivity index (χ3v) is 2.80. The van der Waals surface area contributed by atoms with Crippen LogP contribution in [-0.2, 0) is 6.54 Å². The van der Waals surface area contributed by atoms with Crippen LogP contribution in [0.2, 0.25) is 0 Å². The number of aromatic nitrogens is 1. The minimum atomic E-state index is -0.984. The normalized spacial score (nSPS) is 10.3. The van der Waals surface area contributed by atoms with Crippen molar-refractivity contribution in [3.63, 3.8) is 0 Å². The lowest BCUT2D eigenvalue weighted by Gasteiger charge is -2.08. The van der Waals surface area contributed by atoms with Gasteiger partial charge < -0.3 is 14.8 Å². The minimum Gasteiger partial charge on any atom is -0.478 e. The Bertz CT molecular complexity index is 580. The number of carboxylic acids is 1. The number of hydrogen-bond acceptors (Lipinski definition) is 4. The molecule has 0 radical (unpaired) electrons. The van der Waals surface area contributed by atoms with Gasteiger partial charge in [-0.3, -0.25) is 0 Å². The summed E-state index contributed by atoms with van der Waals surface area (Å²) in [6.07, 6.45) is 1.62. The summed E-state index contributed by atoms with van der Waals surface area (Å²) < 4.78 is 6.02. The Morgan fingerprint density at radius 2 is 2.33 bits per heavy atom. The molecule has 2 rings (SSSR count). The van der Waals surface area contributed by atoms with Gasteiger partial charge in [0.15, 0.2) is 0 Å². The van der Waals surface area contributed by atoms with Crippen LogP contribution in [0.3, 0.4) is 0 Å². The summed E-state index contributed by atoms with van der Waals surface area (Å²) in [5.41, 5.74) is 0.731. The lowest BCUT2D eigenvalue weighted by atomic mass is 10.2. The van der Waals surface area contributed by atoms with Crippen molar-refractivity contribution >= 4 is 27.6 Å². The Balaban J connectivity index is 2.16. The zero-order chi connectivity index (χ0) is 13.1. The monoisotopic (exact) mass is 310 g/mol. The first-order valence-electron chi connectivity index (χ1n) is 5.24. The molecule has 1 aromatic heterocycles. The highest BCUT2D eigenvalue weighted by molar-refractivity contribution is 9.10. The molecule has 1 aromatic carbocycles. The van der Waals surface area contributed by atoms with Crippen molar-refractivity contribution in [3.8, 4) is 0 Å². The van der Waals surface area contributed by atoms with E-state index in [9.17, 15) is 4.79 Å². The number of aryl methyl sites for hydroxylation is 1. The van der Waals surface area contributed by atoms with E-state index in [1.807, 2.05) is 0 Å². The van der Waals surface area contributed by atoms with Crippen molar-refractivity contribution < 1.29 is 14.3 Å². The molecule has 0 aliphatic heterocycles. The number of nitrogens with zero attached hydrogens (tertiary/aromatic N) is 1. The first kappa shape index (κ1) is 12.6. The number of carbonyl (C=O) groups is 1. The molecule has 1 heterocycles. The van der Waals surface area contributed by atoms with E-state index in [0.29, 0.717) is 18.1 Å². The van der Waals surface area contributed by atoms with Crippen molar-refractivity contribution in [1.29, 1.82) is 0 Å². The number of carboxylic acid groups (broad SMARTS) is 1. The minimum absolute atomic E-state index is 0.202. The molecule has 0 aliphatic rings. The van der Waals surface area contributed by atoms with E-state index in [2.05, 4.69) is 26.2 Å². The number of oxazole rings is 1. The summed E-state index contributed by atoms with van der Waals surface area (Å²) in [7, 11) is 0. The fourth-order valence-corrected chi connectivity index (χ4v) is 1.86. The predicted octanol–water partition coefficient (Wildman–Crippen LogP) is 3.06. The number of halogens is 1. The Kier molecular flexibility index (Phi) is 3.66. The molecular weight excluding hydrogens is 300 g/mol. The van der Waals surface area contributed by atoms with Crippen LogP contribution in [0.4, 0.5) is 5.69 Å². The molecule has 6 heteroatoms. The molecule has 0 saturated heterocycles. The summed E-state index contributed by atoms with van der Waals surface area (Å²) in [6.45, 7) is 2.15. The average molecular weight is 311 g/mol. The molecule has 2 aromatic rings. The standard InChI is InChI=1S/C12H11BrN2O3/c1-7-5-15-11(18-7)6-14-10-3-2-8(13)4-9(10)12(16)17/h2-5,14H,6H2,1H3,(H,16,17). The molecule has 18 heavy (non-hydrogen) atoms. The van der Waals surface area contributed by atoms with E-state index in [0.717, 1.165) is 10.2 Å². The van der Waals surface area contributed by atoms with Crippen LogP contribution in [-0.4, -0.2) is 16.1 Å². The fraction of sp³-hybridized carbons (Fsp3) is 0.167. The van der Waals surface area contributed by atoms with Gasteiger partial charge in [0.25, 0.3) is 0 Å². The van der Waals surface area contributed by atoms with Crippen LogP contribution in [0.25, 0.3) is 0 Å². The van der Waals surface area contributed by atoms with Crippen LogP contribution in [0.1, 0.15) is 22.0 Å². The summed E-state index contributed by atoms with van der Waals surface area (Å²) in [5.74, 6) is 0.259. The number of anilines is 1. The number of aromatic carboxylic acids is 1. The van der Waals surface area contributed by atoms with E-state index in [4.69, 9.17) is 9.52 Å². The quantitative estimate of drug-likeness (QED) is 0.907. The van der Waals surface area contributed by atoms with Gasteiger partial charge in [0.1, 0.15) is 5.76 Å². The smallest absolute Gasteiger partial charge is 0.337 e. The number of hydrogen-bond donors (Lipinski definition) is 2. The van der Waals surface area contributed by atoms with Crippen LogP contribution >= 0.6 is 15.9 Å². The molecule has 0 unspecified atom stereocenters. The van der Waals surface area contributed by atoms with Crippen molar-refractivity contribution in [1.82, 2.24) is 4.98 Å². The fourth-order valence-electron chi connectivity index (χ4n) is 1.50. The molecule has 5 nitrogen and oxygen atoms in total. The predicted molar refractivity (Wildman–Crippen MR) is 69.7 cm³/mol. The highest BCUT2D eigenvalue weighted by atomic mass is 79.9. The molecule has 94 valence electrons. The third kappa shape index (κ3) is 2.89. The molecule has 0 amide bonds. The van der Waals surface area contributed by atoms with E-state index in [1.54, 1.807) is 31.3 Å². The second kappa shape index (κ2) is 5.22. The Labute approximate surface area is 112 Å². The van der Waals surface area contributed by atoms with Crippen LogP contribution in [0, 0.1) is 6.92 Å². The maximum atomic E-state index is 11.1. The highest BCUT2D eigenvalue weighted by Crippen LogP contribution is 2.21. The molecule has 0 spiro atoms. The second-order valence-electron chi connectivity index (χ2n) is 3.71. The van der Waals surface area contributed by atoms with Crippen molar-refractivity contribution in [2.24, 2.45) is 0 Å². The largest absolute Gasteiger partial charge is 0.478 e. The molecular formula is C12H11BrN2O3. The summed E-state index contributed by atoms with van der Waals surface area (Å²) >= 11 is 3.24. The Morgan fingerprint density at radius 3 is 2.94 bits per heavy atom. The van der Waals surface area contributed by atoms with E-state index < -0.39 is 5.97 Å². The van der Waals surface area contributed by atoms with Gasteiger partial charge in [-0.25, -0.2) is 9.78 Å². The lowest BCUT2D eigenvalue weighted by molar-refractivity contribution is 0.0698. The SMILES string of the molecule is Cc1cnc(CNc2ccc(Br)cc2C(=O)O)o1. The Hall–Kier alpha value is -1.82. The summed E-state index contributed by atoms with van der Waals surface area (Å²) in [6, 6.07) is 5.02. The molecule has 0 aliphatic carbocycles. The van der Waals surface area contributed by atoms with Gasteiger partial charge in [-0.1, -0.05) is 15.9 Å². The first-order valence-corrected chi connectivity index (χ1v) is 6.03. The van der Waals surface area contributed by atoms with Gasteiger partial charge in [0, 0.05) is 10.2 Å². The van der Waals surface area contributed by atoms with Crippen molar-refractivity contribution in [3.05, 3.63) is 46.1 Å². The number of nitrogens with one attached hydrogen (secondary N) is 1. The molecule has 0 saturated carbocycles. The highest BCUT2D eigenvalue weighted by Gasteiger charge is 2.11. The molecule has 0 atom stereocenters. The molecule has 0 fully saturated rings. The van der Waals surface area contributed by atoms with Gasteiger partial charge in [0.05, 0.1) is 18.3 Å². The summed E-state index contributed by atoms with van der Waals surface area (Å²) in [4.78, 5) is 15.1. The topological polar surface area (TPSA) is 75.4 Å². The molecule has 0 bridgehead atoms. The zero-order valence-electron chi connectivity index (χ0n) is 9.61. The van der Waals surface area contributed by atoms with Gasteiger partial charge in [0.2, 0.25) is 5.89 Å². The third-order valence-electron chi connectivity index (χ3n) is 2.31. The molecule has 2 N–H and O–H groups in total. The van der Waals surface area contributed by atoms with E-state index in [-0.39, 0.29) is 5.56 Å². The summed E-state index contributed by atoms with van der Waals surface area (Å²) in [5, 5.41) is 12.1. The van der Waals surface area contributed by atoms with Gasteiger partial charge in [-0.15, -0.1) is 0 Å². The number of benzene rings is 1. The van der Waals surface area contributed by atoms with Gasteiger partial charge in [-0.05, 0) is 25.1 Å². The average Bonchev–Trinajstić information content (AvgIpc) is 2.73. The maximum absolute atomic E-state index is 11.1. The zero-order valence-corrected chi connectivity index (χ0v) is 11.2. The number of rotatable bonds is 4. The van der Waals surface area contributed by atoms with E-state index >= 15 is 0 Å². The maximum Gasteiger partial charge on any atom is 0.337 e. The van der Waals surface area contributed by atoms with Crippen molar-refractivity contribution in [2.45, 2.75) is 13.5 Å². The van der Waals surface area contributed by atoms with Crippen LogP contribution in [0.15, 0.2) is 33.3 Å². The second-order valence-corrected chi connectivity index (χ2v) is 4.63.